The van der Waals surface area contributed by atoms with Crippen molar-refractivity contribution in [2.24, 2.45) is 0 Å². The van der Waals surface area contributed by atoms with E-state index in [9.17, 15) is 4.79 Å². The average molecular weight is 293 g/mol. The van der Waals surface area contributed by atoms with Crippen molar-refractivity contribution in [2.45, 2.75) is 6.54 Å². The molecule has 2 aromatic rings. The number of halogens is 1. The summed E-state index contributed by atoms with van der Waals surface area (Å²) in [7, 11) is 0. The fourth-order valence-electron chi connectivity index (χ4n) is 1.49. The Balaban J connectivity index is 2.04. The van der Waals surface area contributed by atoms with E-state index in [0.29, 0.717) is 22.0 Å². The molecule has 2 rings (SSSR count). The van der Waals surface area contributed by atoms with Crippen LogP contribution in [0.25, 0.3) is 0 Å². The molecule has 0 saturated carbocycles. The SMILES string of the molecule is N#Cc1ccc(NCc2ccc(C(=O)O)s2)cc1Cl. The van der Waals surface area contributed by atoms with E-state index in [4.69, 9.17) is 22.0 Å². The number of benzene rings is 1. The third kappa shape index (κ3) is 3.25. The van der Waals surface area contributed by atoms with Crippen LogP contribution in [0, 0.1) is 11.3 Å². The summed E-state index contributed by atoms with van der Waals surface area (Å²) >= 11 is 7.14. The van der Waals surface area contributed by atoms with Crippen molar-refractivity contribution in [1.29, 1.82) is 5.26 Å². The van der Waals surface area contributed by atoms with Crippen LogP contribution in [0.3, 0.4) is 0 Å². The van der Waals surface area contributed by atoms with Crippen LogP contribution >= 0.6 is 22.9 Å². The van der Waals surface area contributed by atoms with Gasteiger partial charge >= 0.3 is 5.97 Å². The summed E-state index contributed by atoms with van der Waals surface area (Å²) in [6.45, 7) is 0.514. The fraction of sp³-hybridized carbons (Fsp3) is 0.0769. The lowest BCUT2D eigenvalue weighted by molar-refractivity contribution is 0.0702. The summed E-state index contributed by atoms with van der Waals surface area (Å²) in [6.07, 6.45) is 0. The number of hydrogen-bond donors (Lipinski definition) is 2. The van der Waals surface area contributed by atoms with E-state index in [-0.39, 0.29) is 0 Å². The van der Waals surface area contributed by atoms with Gasteiger partial charge in [0.05, 0.1) is 10.6 Å². The first-order chi connectivity index (χ1) is 9.10. The molecular formula is C13H9ClN2O2S. The standard InChI is InChI=1S/C13H9ClN2O2S/c14-11-5-9(2-1-8(11)6-15)16-7-10-3-4-12(19-10)13(17)18/h1-5,16H,7H2,(H,17,18). The Morgan fingerprint density at radius 1 is 1.42 bits per heavy atom. The number of carboxylic acid groups (broad SMARTS) is 1. The Morgan fingerprint density at radius 2 is 2.21 bits per heavy atom. The number of rotatable bonds is 4. The summed E-state index contributed by atoms with van der Waals surface area (Å²) in [5, 5.41) is 21.1. The van der Waals surface area contributed by atoms with Gasteiger partial charge in [-0.15, -0.1) is 11.3 Å². The second kappa shape index (κ2) is 5.74. The van der Waals surface area contributed by atoms with Crippen LogP contribution in [-0.2, 0) is 6.54 Å². The lowest BCUT2D eigenvalue weighted by atomic mass is 10.2. The number of anilines is 1. The first-order valence-electron chi connectivity index (χ1n) is 5.35. The molecule has 1 aromatic heterocycles. The number of aromatic carboxylic acids is 1. The van der Waals surface area contributed by atoms with Gasteiger partial charge in [-0.1, -0.05) is 11.6 Å². The number of carboxylic acids is 1. The van der Waals surface area contributed by atoms with Crippen LogP contribution in [0.2, 0.25) is 5.02 Å². The van der Waals surface area contributed by atoms with E-state index >= 15 is 0 Å². The second-order valence-electron chi connectivity index (χ2n) is 3.73. The Bertz CT molecular complexity index is 661. The van der Waals surface area contributed by atoms with E-state index in [1.54, 1.807) is 30.3 Å². The van der Waals surface area contributed by atoms with Gasteiger partial charge in [0, 0.05) is 17.1 Å². The molecule has 0 spiro atoms. The Kier molecular flexibility index (Phi) is 4.05. The minimum atomic E-state index is -0.919. The molecule has 1 heterocycles. The number of nitriles is 1. The molecule has 19 heavy (non-hydrogen) atoms. The predicted octanol–water partition coefficient (Wildman–Crippen LogP) is 3.58. The van der Waals surface area contributed by atoms with E-state index in [1.807, 2.05) is 6.07 Å². The zero-order valence-corrected chi connectivity index (χ0v) is 11.3. The number of thiophene rings is 1. The highest BCUT2D eigenvalue weighted by Gasteiger charge is 2.07. The zero-order chi connectivity index (χ0) is 13.8. The maximum absolute atomic E-state index is 10.7. The normalized spacial score (nSPS) is 9.89. The molecule has 6 heteroatoms. The van der Waals surface area contributed by atoms with Gasteiger partial charge in [0.2, 0.25) is 0 Å². The largest absolute Gasteiger partial charge is 0.477 e. The first kappa shape index (κ1) is 13.4. The van der Waals surface area contributed by atoms with Gasteiger partial charge in [-0.2, -0.15) is 5.26 Å². The highest BCUT2D eigenvalue weighted by Crippen LogP contribution is 2.22. The van der Waals surface area contributed by atoms with Crippen molar-refractivity contribution >= 4 is 34.6 Å². The minimum Gasteiger partial charge on any atom is -0.477 e. The lowest BCUT2D eigenvalue weighted by Gasteiger charge is -2.05. The van der Waals surface area contributed by atoms with Crippen LogP contribution in [-0.4, -0.2) is 11.1 Å². The van der Waals surface area contributed by atoms with Crippen LogP contribution in [0.4, 0.5) is 5.69 Å². The van der Waals surface area contributed by atoms with Crippen molar-refractivity contribution < 1.29 is 9.90 Å². The van der Waals surface area contributed by atoms with E-state index in [1.165, 1.54) is 11.3 Å². The van der Waals surface area contributed by atoms with Gasteiger partial charge in [-0.05, 0) is 30.3 Å². The fourth-order valence-corrected chi connectivity index (χ4v) is 2.50. The highest BCUT2D eigenvalue weighted by atomic mass is 35.5. The van der Waals surface area contributed by atoms with E-state index < -0.39 is 5.97 Å². The molecule has 2 N–H and O–H groups in total. The van der Waals surface area contributed by atoms with Gasteiger partial charge < -0.3 is 10.4 Å². The highest BCUT2D eigenvalue weighted by molar-refractivity contribution is 7.13. The molecule has 0 atom stereocenters. The van der Waals surface area contributed by atoms with Crippen LogP contribution in [0.1, 0.15) is 20.1 Å². The molecule has 0 aliphatic rings. The van der Waals surface area contributed by atoms with Crippen molar-refractivity contribution in [3.05, 3.63) is 50.7 Å². The maximum Gasteiger partial charge on any atom is 0.345 e. The van der Waals surface area contributed by atoms with Gasteiger partial charge in [0.15, 0.2) is 0 Å². The van der Waals surface area contributed by atoms with Crippen molar-refractivity contribution in [3.63, 3.8) is 0 Å². The smallest absolute Gasteiger partial charge is 0.345 e. The topological polar surface area (TPSA) is 73.1 Å². The molecule has 0 aliphatic heterocycles. The lowest BCUT2D eigenvalue weighted by Crippen LogP contribution is -1.97. The maximum atomic E-state index is 10.7. The summed E-state index contributed by atoms with van der Waals surface area (Å²) in [5.41, 5.74) is 1.21. The first-order valence-corrected chi connectivity index (χ1v) is 6.55. The van der Waals surface area contributed by atoms with Gasteiger partial charge in [-0.25, -0.2) is 4.79 Å². The minimum absolute atomic E-state index is 0.315. The van der Waals surface area contributed by atoms with Gasteiger partial charge in [0.1, 0.15) is 10.9 Å². The van der Waals surface area contributed by atoms with Gasteiger partial charge in [0.25, 0.3) is 0 Å². The quantitative estimate of drug-likeness (QED) is 0.903. The van der Waals surface area contributed by atoms with Crippen LogP contribution in [0.5, 0.6) is 0 Å². The number of nitrogens with zero attached hydrogens (tertiary/aromatic N) is 1. The molecule has 0 radical (unpaired) electrons. The molecule has 0 fully saturated rings. The Hall–Kier alpha value is -2.03. The molecule has 0 aliphatic carbocycles. The molecule has 96 valence electrons. The summed E-state index contributed by atoms with van der Waals surface area (Å²) < 4.78 is 0. The molecule has 0 amide bonds. The van der Waals surface area contributed by atoms with Crippen molar-refractivity contribution in [2.75, 3.05) is 5.32 Å². The Labute approximate surface area is 118 Å². The van der Waals surface area contributed by atoms with Crippen molar-refractivity contribution in [1.82, 2.24) is 0 Å². The van der Waals surface area contributed by atoms with Crippen molar-refractivity contribution in [3.8, 4) is 6.07 Å². The predicted molar refractivity (Wildman–Crippen MR) is 74.8 cm³/mol. The van der Waals surface area contributed by atoms with Crippen LogP contribution < -0.4 is 5.32 Å². The number of carbonyl (C=O) groups is 1. The molecule has 4 nitrogen and oxygen atoms in total. The number of nitrogens with one attached hydrogen (secondary N) is 1. The molecule has 0 saturated heterocycles. The molecule has 0 bridgehead atoms. The Morgan fingerprint density at radius 3 is 2.79 bits per heavy atom. The monoisotopic (exact) mass is 292 g/mol. The summed E-state index contributed by atoms with van der Waals surface area (Å²) in [5.74, 6) is -0.919. The molecule has 0 unspecified atom stereocenters. The molecule has 1 aromatic carbocycles. The third-order valence-electron chi connectivity index (χ3n) is 2.43. The summed E-state index contributed by atoms with van der Waals surface area (Å²) in [6, 6.07) is 10.4. The zero-order valence-electron chi connectivity index (χ0n) is 9.68. The average Bonchev–Trinajstić information content (AvgIpc) is 2.85. The number of hydrogen-bond acceptors (Lipinski definition) is 4. The third-order valence-corrected chi connectivity index (χ3v) is 3.81. The van der Waals surface area contributed by atoms with E-state index in [2.05, 4.69) is 5.32 Å². The summed E-state index contributed by atoms with van der Waals surface area (Å²) in [4.78, 5) is 12.0. The second-order valence-corrected chi connectivity index (χ2v) is 5.31. The van der Waals surface area contributed by atoms with Gasteiger partial charge in [-0.3, -0.25) is 0 Å². The van der Waals surface area contributed by atoms with Crippen LogP contribution in [0.15, 0.2) is 30.3 Å². The van der Waals surface area contributed by atoms with E-state index in [0.717, 1.165) is 10.6 Å². The molecular weight excluding hydrogens is 284 g/mol.